The maximum Gasteiger partial charge on any atom is 0.0926 e. The van der Waals surface area contributed by atoms with Gasteiger partial charge in [-0.25, -0.2) is 4.98 Å². The second-order valence-corrected chi connectivity index (χ2v) is 5.83. The Bertz CT molecular complexity index is 800. The Balaban J connectivity index is 2.36. The van der Waals surface area contributed by atoms with E-state index in [0.717, 1.165) is 11.3 Å². The minimum Gasteiger partial charge on any atom is -0.246 e. The van der Waals surface area contributed by atoms with Gasteiger partial charge in [-0.1, -0.05) is 76.7 Å². The lowest BCUT2D eigenvalue weighted by atomic mass is 10.1. The fourth-order valence-corrected chi connectivity index (χ4v) is 3.10. The Kier molecular flexibility index (Phi) is 3.78. The first-order valence-electron chi connectivity index (χ1n) is 5.77. The Morgan fingerprint density at radius 2 is 1.45 bits per heavy atom. The van der Waals surface area contributed by atoms with Crippen LogP contribution in [0, 0.1) is 0 Å². The second-order valence-electron chi connectivity index (χ2n) is 4.23. The first-order valence-corrected chi connectivity index (χ1v) is 7.28. The Hall–Kier alpha value is -0.990. The fourth-order valence-electron chi connectivity index (χ4n) is 2.01. The van der Waals surface area contributed by atoms with Crippen molar-refractivity contribution < 1.29 is 0 Å². The lowest BCUT2D eigenvalue weighted by Gasteiger charge is -2.09. The summed E-state index contributed by atoms with van der Waals surface area (Å²) in [6.07, 6.45) is 0. The molecule has 1 nitrogen and oxygen atoms in total. The first-order chi connectivity index (χ1) is 9.58. The van der Waals surface area contributed by atoms with Crippen molar-refractivity contribution in [2.24, 2.45) is 0 Å². The molecule has 0 radical (unpaired) electrons. The second kappa shape index (κ2) is 5.42. The third kappa shape index (κ3) is 2.36. The van der Waals surface area contributed by atoms with Crippen LogP contribution in [0.1, 0.15) is 0 Å². The third-order valence-electron chi connectivity index (χ3n) is 2.95. The predicted octanol–water partition coefficient (Wildman–Crippen LogP) is 6.52. The van der Waals surface area contributed by atoms with Crippen molar-refractivity contribution in [2.45, 2.75) is 0 Å². The summed E-state index contributed by atoms with van der Waals surface area (Å²) < 4.78 is 0. The molecule has 0 unspecified atom stereocenters. The Labute approximate surface area is 136 Å². The van der Waals surface area contributed by atoms with Crippen LogP contribution >= 0.6 is 46.4 Å². The zero-order valence-electron chi connectivity index (χ0n) is 10.0. The monoisotopic (exact) mass is 341 g/mol. The van der Waals surface area contributed by atoms with Gasteiger partial charge in [-0.05, 0) is 12.1 Å². The normalized spacial score (nSPS) is 11.0. The molecule has 5 heteroatoms. The van der Waals surface area contributed by atoms with E-state index in [1.807, 2.05) is 30.3 Å². The van der Waals surface area contributed by atoms with E-state index in [0.29, 0.717) is 31.0 Å². The van der Waals surface area contributed by atoms with E-state index >= 15 is 0 Å². The van der Waals surface area contributed by atoms with Crippen molar-refractivity contribution in [1.29, 1.82) is 0 Å². The molecule has 0 saturated carbocycles. The van der Waals surface area contributed by atoms with Gasteiger partial charge in [0.15, 0.2) is 0 Å². The van der Waals surface area contributed by atoms with Crippen LogP contribution in [0.3, 0.4) is 0 Å². The van der Waals surface area contributed by atoms with E-state index < -0.39 is 0 Å². The van der Waals surface area contributed by atoms with Crippen molar-refractivity contribution in [2.75, 3.05) is 0 Å². The number of aromatic nitrogens is 1. The maximum absolute atomic E-state index is 6.32. The van der Waals surface area contributed by atoms with Crippen molar-refractivity contribution in [3.8, 4) is 11.3 Å². The largest absolute Gasteiger partial charge is 0.246 e. The minimum absolute atomic E-state index is 0.361. The summed E-state index contributed by atoms with van der Waals surface area (Å²) >= 11 is 24.7. The lowest BCUT2D eigenvalue weighted by Crippen LogP contribution is -1.89. The highest BCUT2D eigenvalue weighted by atomic mass is 35.5. The molecule has 20 heavy (non-hydrogen) atoms. The summed E-state index contributed by atoms with van der Waals surface area (Å²) in [6, 6.07) is 13.1. The lowest BCUT2D eigenvalue weighted by molar-refractivity contribution is 1.40. The van der Waals surface area contributed by atoms with Gasteiger partial charge in [0.1, 0.15) is 0 Å². The highest BCUT2D eigenvalue weighted by Crippen LogP contribution is 2.40. The van der Waals surface area contributed by atoms with Crippen LogP contribution in [0.25, 0.3) is 22.2 Å². The molecule has 0 N–H and O–H groups in total. The van der Waals surface area contributed by atoms with E-state index in [1.54, 1.807) is 12.1 Å². The van der Waals surface area contributed by atoms with E-state index in [1.165, 1.54) is 0 Å². The number of hydrogen-bond acceptors (Lipinski definition) is 1. The highest BCUT2D eigenvalue weighted by molar-refractivity contribution is 6.50. The smallest absolute Gasteiger partial charge is 0.0926 e. The summed E-state index contributed by atoms with van der Waals surface area (Å²) in [6.45, 7) is 0. The van der Waals surface area contributed by atoms with Gasteiger partial charge in [0.05, 0.1) is 31.3 Å². The van der Waals surface area contributed by atoms with E-state index in [4.69, 9.17) is 46.4 Å². The molecule has 0 fully saturated rings. The zero-order chi connectivity index (χ0) is 14.3. The average molecular weight is 343 g/mol. The summed E-state index contributed by atoms with van der Waals surface area (Å²) in [7, 11) is 0. The molecule has 0 spiro atoms. The molecule has 1 aromatic heterocycles. The number of benzene rings is 2. The molecule has 3 rings (SSSR count). The molecule has 0 atom stereocenters. The maximum atomic E-state index is 6.32. The standard InChI is InChI=1S/C15H7Cl4N/c16-9-7-12(8-4-2-1-3-5-8)20-15-11(18)6-10(17)14(19)13(9)15/h1-7H. The topological polar surface area (TPSA) is 12.9 Å². The number of halogens is 4. The van der Waals surface area contributed by atoms with Crippen molar-refractivity contribution in [3.05, 3.63) is 62.6 Å². The Morgan fingerprint density at radius 3 is 2.15 bits per heavy atom. The summed E-state index contributed by atoms with van der Waals surface area (Å²) in [5.74, 6) is 0. The van der Waals surface area contributed by atoms with Gasteiger partial charge in [-0.2, -0.15) is 0 Å². The highest BCUT2D eigenvalue weighted by Gasteiger charge is 2.15. The molecular formula is C15H7Cl4N. The molecule has 1 heterocycles. The molecule has 0 amide bonds. The van der Waals surface area contributed by atoms with Crippen molar-refractivity contribution in [1.82, 2.24) is 4.98 Å². The van der Waals surface area contributed by atoms with E-state index in [-0.39, 0.29) is 0 Å². The van der Waals surface area contributed by atoms with Crippen molar-refractivity contribution >= 4 is 57.3 Å². The number of nitrogens with zero attached hydrogens (tertiary/aromatic N) is 1. The van der Waals surface area contributed by atoms with Gasteiger partial charge in [-0.3, -0.25) is 0 Å². The van der Waals surface area contributed by atoms with Crippen LogP contribution in [0.4, 0.5) is 0 Å². The molecule has 2 aromatic carbocycles. The van der Waals surface area contributed by atoms with Crippen molar-refractivity contribution in [3.63, 3.8) is 0 Å². The number of fused-ring (bicyclic) bond motifs is 1. The number of hydrogen-bond donors (Lipinski definition) is 0. The number of rotatable bonds is 1. The zero-order valence-corrected chi connectivity index (χ0v) is 13.0. The summed E-state index contributed by atoms with van der Waals surface area (Å²) in [5.41, 5.74) is 2.24. The molecule has 0 saturated heterocycles. The van der Waals surface area contributed by atoms with Crippen LogP contribution in [0.2, 0.25) is 20.1 Å². The van der Waals surface area contributed by atoms with Crippen LogP contribution in [-0.4, -0.2) is 4.98 Å². The van der Waals surface area contributed by atoms with Crippen LogP contribution in [0.15, 0.2) is 42.5 Å². The summed E-state index contributed by atoms with van der Waals surface area (Å²) in [4.78, 5) is 4.55. The first kappa shape index (κ1) is 14.0. The van der Waals surface area contributed by atoms with Crippen LogP contribution in [0.5, 0.6) is 0 Å². The Morgan fingerprint density at radius 1 is 0.750 bits per heavy atom. The van der Waals surface area contributed by atoms with E-state index in [2.05, 4.69) is 4.98 Å². The minimum atomic E-state index is 0.361. The molecule has 0 aliphatic heterocycles. The van der Waals surface area contributed by atoms with Gasteiger partial charge < -0.3 is 0 Å². The third-order valence-corrected chi connectivity index (χ3v) is 4.32. The van der Waals surface area contributed by atoms with Gasteiger partial charge in [-0.15, -0.1) is 0 Å². The van der Waals surface area contributed by atoms with Gasteiger partial charge in [0, 0.05) is 10.9 Å². The predicted molar refractivity (Wildman–Crippen MR) is 87.2 cm³/mol. The molecular weight excluding hydrogens is 336 g/mol. The molecule has 0 aliphatic carbocycles. The SMILES string of the molecule is Clc1cc(Cl)c2nc(-c3ccccc3)cc(Cl)c2c1Cl. The quantitative estimate of drug-likeness (QED) is 0.459. The van der Waals surface area contributed by atoms with Gasteiger partial charge in [0.2, 0.25) is 0 Å². The molecule has 3 aromatic rings. The van der Waals surface area contributed by atoms with Gasteiger partial charge in [0.25, 0.3) is 0 Å². The molecule has 0 bridgehead atoms. The molecule has 0 aliphatic rings. The van der Waals surface area contributed by atoms with Gasteiger partial charge >= 0.3 is 0 Å². The van der Waals surface area contributed by atoms with Crippen LogP contribution in [-0.2, 0) is 0 Å². The van der Waals surface area contributed by atoms with Crippen LogP contribution < -0.4 is 0 Å². The average Bonchev–Trinajstić information content (AvgIpc) is 2.45. The fraction of sp³-hybridized carbons (Fsp3) is 0. The van der Waals surface area contributed by atoms with E-state index in [9.17, 15) is 0 Å². The number of pyridine rings is 1. The molecule has 100 valence electrons. The summed E-state index contributed by atoms with van der Waals surface area (Å²) in [5, 5.41) is 2.20.